The molecule has 2 aromatic rings. The second-order valence-electron chi connectivity index (χ2n) is 5.63. The number of fused-ring (bicyclic) bond motifs is 1. The molecule has 0 saturated carbocycles. The van der Waals surface area contributed by atoms with E-state index in [4.69, 9.17) is 16.6 Å². The Kier molecular flexibility index (Phi) is 5.73. The van der Waals surface area contributed by atoms with Gasteiger partial charge >= 0.3 is 17.9 Å². The van der Waals surface area contributed by atoms with Gasteiger partial charge < -0.3 is 31.4 Å². The fourth-order valence-corrected chi connectivity index (χ4v) is 2.29. The molecule has 0 aliphatic heterocycles. The quantitative estimate of drug-likeness (QED) is 0.344. The number of nitrogens with one attached hydrogen (secondary N) is 1. The van der Waals surface area contributed by atoms with Gasteiger partial charge in [0.2, 0.25) is 0 Å². The zero-order valence-corrected chi connectivity index (χ0v) is 13.3. The van der Waals surface area contributed by atoms with E-state index in [1.165, 1.54) is 12.1 Å². The van der Waals surface area contributed by atoms with Crippen LogP contribution in [0.2, 0.25) is 0 Å². The van der Waals surface area contributed by atoms with Gasteiger partial charge in [0.05, 0.1) is 0 Å². The number of rotatable bonds is 7. The molecule has 25 heavy (non-hydrogen) atoms. The molecule has 1 aromatic carbocycles. The Bertz CT molecular complexity index is 800. The van der Waals surface area contributed by atoms with Crippen LogP contribution in [0.3, 0.4) is 0 Å². The minimum Gasteiger partial charge on any atom is -0.508 e. The zero-order valence-electron chi connectivity index (χ0n) is 13.3. The first-order chi connectivity index (χ1) is 11.8. The largest absolute Gasteiger partial charge is 0.508 e. The third-order valence-electron chi connectivity index (χ3n) is 3.68. The van der Waals surface area contributed by atoms with E-state index in [9.17, 15) is 19.5 Å². The van der Waals surface area contributed by atoms with Crippen molar-refractivity contribution in [1.82, 2.24) is 4.98 Å². The first kappa shape index (κ1) is 18.4. The molecule has 1 aromatic heterocycles. The van der Waals surface area contributed by atoms with Gasteiger partial charge in [-0.15, -0.1) is 0 Å². The number of benzene rings is 1. The average molecular weight is 349 g/mol. The second kappa shape index (κ2) is 7.77. The molecular weight excluding hydrogens is 330 g/mol. The van der Waals surface area contributed by atoms with E-state index < -0.39 is 30.0 Å². The van der Waals surface area contributed by atoms with E-state index in [0.717, 1.165) is 5.52 Å². The minimum absolute atomic E-state index is 0.0782. The first-order valence-electron chi connectivity index (χ1n) is 7.55. The Balaban J connectivity index is 1.92. The molecule has 2 unspecified atom stereocenters. The molecule has 1 heterocycles. The lowest BCUT2D eigenvalue weighted by atomic mass is 10.1. The maximum Gasteiger partial charge on any atom is 0.330 e. The summed E-state index contributed by atoms with van der Waals surface area (Å²) in [4.78, 5) is 37.0. The molecule has 0 bridgehead atoms. The number of aromatic hydroxyl groups is 1. The number of phenols is 1. The summed E-state index contributed by atoms with van der Waals surface area (Å²) >= 11 is 0. The molecule has 0 amide bonds. The maximum absolute atomic E-state index is 11.9. The van der Waals surface area contributed by atoms with Gasteiger partial charge in [0.25, 0.3) is 0 Å². The minimum atomic E-state index is -1.24. The fraction of sp³-hybridized carbons (Fsp3) is 0.312. The number of carboxylic acid groups (broad SMARTS) is 1. The standard InChI is InChI=1S/C16H19N3O6/c17-11(15(22)23)2-4-14(21)25-16(24)12(18)5-8-7-19-13-3-1-9(20)6-10(8)13/h1,3,6-7,11-12,19-20H,2,4-5,17-18H2,(H,22,23). The monoisotopic (exact) mass is 349 g/mol. The summed E-state index contributed by atoms with van der Waals surface area (Å²) in [5.74, 6) is -2.95. The fourth-order valence-electron chi connectivity index (χ4n) is 2.29. The van der Waals surface area contributed by atoms with Crippen LogP contribution in [0, 0.1) is 0 Å². The lowest BCUT2D eigenvalue weighted by Gasteiger charge is -2.10. The Labute approximate surface area is 142 Å². The van der Waals surface area contributed by atoms with Crippen LogP contribution in [0.4, 0.5) is 0 Å². The molecule has 2 rings (SSSR count). The van der Waals surface area contributed by atoms with Gasteiger partial charge in [-0.2, -0.15) is 0 Å². The number of carbonyl (C=O) groups is 3. The predicted molar refractivity (Wildman–Crippen MR) is 87.6 cm³/mol. The third-order valence-corrected chi connectivity index (χ3v) is 3.68. The van der Waals surface area contributed by atoms with Crippen LogP contribution in [0.15, 0.2) is 24.4 Å². The number of carboxylic acids is 1. The van der Waals surface area contributed by atoms with Gasteiger partial charge in [0, 0.05) is 29.9 Å². The number of hydrogen-bond acceptors (Lipinski definition) is 7. The molecule has 0 aliphatic rings. The summed E-state index contributed by atoms with van der Waals surface area (Å²) in [6.45, 7) is 0. The van der Waals surface area contributed by atoms with Crippen molar-refractivity contribution in [1.29, 1.82) is 0 Å². The Morgan fingerprint density at radius 1 is 1.20 bits per heavy atom. The van der Waals surface area contributed by atoms with Gasteiger partial charge in [-0.1, -0.05) is 0 Å². The molecule has 0 radical (unpaired) electrons. The van der Waals surface area contributed by atoms with Crippen LogP contribution >= 0.6 is 0 Å². The van der Waals surface area contributed by atoms with Crippen molar-refractivity contribution >= 4 is 28.8 Å². The van der Waals surface area contributed by atoms with Crippen molar-refractivity contribution in [3.63, 3.8) is 0 Å². The van der Waals surface area contributed by atoms with Crippen molar-refractivity contribution in [2.24, 2.45) is 11.5 Å². The Hall–Kier alpha value is -2.91. The smallest absolute Gasteiger partial charge is 0.330 e. The molecule has 9 heteroatoms. The molecule has 2 atom stereocenters. The van der Waals surface area contributed by atoms with Crippen LogP contribution < -0.4 is 11.5 Å². The number of aromatic nitrogens is 1. The summed E-state index contributed by atoms with van der Waals surface area (Å²) in [7, 11) is 0. The van der Waals surface area contributed by atoms with Crippen LogP contribution in [0.1, 0.15) is 18.4 Å². The van der Waals surface area contributed by atoms with E-state index in [1.807, 2.05) is 0 Å². The third kappa shape index (κ3) is 4.78. The van der Waals surface area contributed by atoms with E-state index in [-0.39, 0.29) is 25.0 Å². The topological polar surface area (TPSA) is 169 Å². The number of aliphatic carboxylic acids is 1. The predicted octanol–water partition coefficient (Wildman–Crippen LogP) is 0.00520. The van der Waals surface area contributed by atoms with Crippen molar-refractivity contribution in [2.75, 3.05) is 0 Å². The van der Waals surface area contributed by atoms with Gasteiger partial charge in [-0.05, 0) is 30.2 Å². The lowest BCUT2D eigenvalue weighted by Crippen LogP contribution is -2.36. The van der Waals surface area contributed by atoms with Crippen LogP contribution in [0.5, 0.6) is 5.75 Å². The molecule has 0 spiro atoms. The molecule has 7 N–H and O–H groups in total. The number of phenolic OH excluding ortho intramolecular Hbond substituents is 1. The van der Waals surface area contributed by atoms with Crippen LogP contribution in [0.25, 0.3) is 10.9 Å². The van der Waals surface area contributed by atoms with Crippen molar-refractivity contribution in [3.05, 3.63) is 30.0 Å². The highest BCUT2D eigenvalue weighted by atomic mass is 16.6. The number of nitrogens with two attached hydrogens (primary N) is 2. The highest BCUT2D eigenvalue weighted by Gasteiger charge is 2.22. The van der Waals surface area contributed by atoms with Gasteiger partial charge in [-0.25, -0.2) is 4.79 Å². The van der Waals surface area contributed by atoms with Crippen molar-refractivity contribution in [3.8, 4) is 5.75 Å². The number of aromatic amines is 1. The molecule has 134 valence electrons. The summed E-state index contributed by atoms with van der Waals surface area (Å²) in [6.07, 6.45) is 1.32. The summed E-state index contributed by atoms with van der Waals surface area (Å²) < 4.78 is 4.62. The first-order valence-corrected chi connectivity index (χ1v) is 7.55. The highest BCUT2D eigenvalue weighted by molar-refractivity contribution is 5.90. The number of ether oxygens (including phenoxy) is 1. The van der Waals surface area contributed by atoms with Crippen molar-refractivity contribution in [2.45, 2.75) is 31.3 Å². The Morgan fingerprint density at radius 3 is 2.60 bits per heavy atom. The van der Waals surface area contributed by atoms with E-state index in [1.54, 1.807) is 12.3 Å². The highest BCUT2D eigenvalue weighted by Crippen LogP contribution is 2.23. The maximum atomic E-state index is 11.9. The van der Waals surface area contributed by atoms with Crippen LogP contribution in [-0.2, 0) is 25.5 Å². The number of carbonyl (C=O) groups excluding carboxylic acids is 2. The Morgan fingerprint density at radius 2 is 1.92 bits per heavy atom. The second-order valence-corrected chi connectivity index (χ2v) is 5.63. The van der Waals surface area contributed by atoms with E-state index in [2.05, 4.69) is 9.72 Å². The number of hydrogen-bond donors (Lipinski definition) is 5. The molecule has 0 fully saturated rings. The summed E-state index contributed by atoms with van der Waals surface area (Å²) in [5.41, 5.74) is 12.5. The molecule has 9 nitrogen and oxygen atoms in total. The van der Waals surface area contributed by atoms with Gasteiger partial charge in [-0.3, -0.25) is 9.59 Å². The van der Waals surface area contributed by atoms with Crippen LogP contribution in [-0.4, -0.2) is 45.2 Å². The lowest BCUT2D eigenvalue weighted by molar-refractivity contribution is -0.160. The molecule has 0 saturated heterocycles. The molecule has 0 aliphatic carbocycles. The van der Waals surface area contributed by atoms with Gasteiger partial charge in [0.1, 0.15) is 17.8 Å². The number of H-pyrrole nitrogens is 1. The zero-order chi connectivity index (χ0) is 18.6. The molecular formula is C16H19N3O6. The normalized spacial score (nSPS) is 13.4. The van der Waals surface area contributed by atoms with E-state index >= 15 is 0 Å². The number of esters is 2. The van der Waals surface area contributed by atoms with Gasteiger partial charge in [0.15, 0.2) is 0 Å². The van der Waals surface area contributed by atoms with Crippen molar-refractivity contribution < 1.29 is 29.3 Å². The van der Waals surface area contributed by atoms with E-state index in [0.29, 0.717) is 10.9 Å². The summed E-state index contributed by atoms with van der Waals surface area (Å²) in [5, 5.41) is 18.9. The summed E-state index contributed by atoms with van der Waals surface area (Å²) in [6, 6.07) is 2.47. The average Bonchev–Trinajstić information content (AvgIpc) is 2.94. The SMILES string of the molecule is NC(CCC(=O)OC(=O)C(N)Cc1c[nH]c2ccc(O)cc12)C(=O)O.